The maximum atomic E-state index is 12.1. The number of hydrogen-bond acceptors (Lipinski definition) is 9. The number of nitrogens with zero attached hydrogens (tertiary/aromatic N) is 4. The Bertz CT molecular complexity index is 841. The summed E-state index contributed by atoms with van der Waals surface area (Å²) in [6.07, 6.45) is 2.84. The third kappa shape index (κ3) is 5.07. The van der Waals surface area contributed by atoms with E-state index in [-0.39, 0.29) is 22.9 Å². The number of carbonyl (C=O) groups is 1. The lowest BCUT2D eigenvalue weighted by atomic mass is 10.2. The van der Waals surface area contributed by atoms with Gasteiger partial charge < -0.3 is 5.32 Å². The Morgan fingerprint density at radius 1 is 1.07 bits per heavy atom. The van der Waals surface area contributed by atoms with Crippen LogP contribution in [0.5, 0.6) is 0 Å². The van der Waals surface area contributed by atoms with Crippen LogP contribution in [-0.2, 0) is 0 Å². The number of nitrogens with one attached hydrogen (secondary N) is 3. The molecule has 0 bridgehead atoms. The standard InChI is InChI=1S/C15H17N7O5/c1-2-3-8-16-13-12(22(26)27)14(18-9-17-13)19-20-15(23)10-4-6-11(7-5-10)21(24)25/h4-7,9H,2-3,8H2,1H3,(H,20,23)(H2,16,17,18,19). The molecule has 0 aliphatic carbocycles. The molecule has 0 spiro atoms. The van der Waals surface area contributed by atoms with E-state index in [1.54, 1.807) is 0 Å². The number of hydrazine groups is 1. The topological polar surface area (TPSA) is 165 Å². The normalized spacial score (nSPS) is 10.1. The molecule has 27 heavy (non-hydrogen) atoms. The van der Waals surface area contributed by atoms with Gasteiger partial charge >= 0.3 is 5.69 Å². The second-order valence-electron chi connectivity index (χ2n) is 5.34. The lowest BCUT2D eigenvalue weighted by Crippen LogP contribution is -2.30. The fourth-order valence-electron chi connectivity index (χ4n) is 2.08. The summed E-state index contributed by atoms with van der Waals surface area (Å²) in [5.74, 6) is -0.793. The number of anilines is 2. The first-order valence-electron chi connectivity index (χ1n) is 7.98. The average molecular weight is 375 g/mol. The van der Waals surface area contributed by atoms with Gasteiger partial charge in [0, 0.05) is 24.2 Å². The third-order valence-electron chi connectivity index (χ3n) is 3.46. The number of hydrogen-bond donors (Lipinski definition) is 3. The number of amides is 1. The molecule has 0 unspecified atom stereocenters. The van der Waals surface area contributed by atoms with E-state index in [1.165, 1.54) is 24.3 Å². The first kappa shape index (κ1) is 19.5. The van der Waals surface area contributed by atoms with Crippen molar-refractivity contribution in [3.8, 4) is 0 Å². The summed E-state index contributed by atoms with van der Waals surface area (Å²) in [5.41, 5.74) is 4.23. The van der Waals surface area contributed by atoms with Crippen molar-refractivity contribution in [3.05, 3.63) is 56.4 Å². The molecular formula is C15H17N7O5. The van der Waals surface area contributed by atoms with Crippen LogP contribution in [0.25, 0.3) is 0 Å². The van der Waals surface area contributed by atoms with Crippen molar-refractivity contribution in [1.29, 1.82) is 0 Å². The Labute approximate surface area is 153 Å². The number of non-ortho nitro benzene ring substituents is 1. The molecule has 2 aromatic rings. The van der Waals surface area contributed by atoms with Crippen molar-refractivity contribution in [2.45, 2.75) is 19.8 Å². The number of carbonyl (C=O) groups excluding carboxylic acids is 1. The monoisotopic (exact) mass is 375 g/mol. The summed E-state index contributed by atoms with van der Waals surface area (Å²) in [6.45, 7) is 2.49. The molecule has 0 aliphatic rings. The second-order valence-corrected chi connectivity index (χ2v) is 5.34. The van der Waals surface area contributed by atoms with Crippen LogP contribution < -0.4 is 16.2 Å². The molecule has 1 aromatic carbocycles. The van der Waals surface area contributed by atoms with Crippen LogP contribution in [0.2, 0.25) is 0 Å². The second kappa shape index (κ2) is 9.03. The maximum Gasteiger partial charge on any atom is 0.354 e. The molecule has 142 valence electrons. The lowest BCUT2D eigenvalue weighted by Gasteiger charge is -2.10. The van der Waals surface area contributed by atoms with Crippen LogP contribution in [0, 0.1) is 20.2 Å². The summed E-state index contributed by atoms with van der Waals surface area (Å²) in [4.78, 5) is 40.5. The van der Waals surface area contributed by atoms with Crippen LogP contribution in [-0.4, -0.2) is 32.3 Å². The summed E-state index contributed by atoms with van der Waals surface area (Å²) in [7, 11) is 0. The minimum atomic E-state index is -0.658. The lowest BCUT2D eigenvalue weighted by molar-refractivity contribution is -0.384. The zero-order valence-corrected chi connectivity index (χ0v) is 14.3. The maximum absolute atomic E-state index is 12.1. The van der Waals surface area contributed by atoms with Gasteiger partial charge in [0.05, 0.1) is 9.85 Å². The van der Waals surface area contributed by atoms with Gasteiger partial charge in [-0.1, -0.05) is 13.3 Å². The molecule has 12 heteroatoms. The number of rotatable bonds is 9. The molecule has 0 saturated carbocycles. The first-order chi connectivity index (χ1) is 12.9. The van der Waals surface area contributed by atoms with Crippen molar-refractivity contribution in [3.63, 3.8) is 0 Å². The van der Waals surface area contributed by atoms with E-state index in [2.05, 4.69) is 26.1 Å². The molecule has 2 rings (SSSR count). The van der Waals surface area contributed by atoms with E-state index >= 15 is 0 Å². The predicted molar refractivity (Wildman–Crippen MR) is 96.3 cm³/mol. The minimum absolute atomic E-state index is 0.0375. The molecule has 0 saturated heterocycles. The van der Waals surface area contributed by atoms with Crippen molar-refractivity contribution < 1.29 is 14.6 Å². The van der Waals surface area contributed by atoms with Gasteiger partial charge in [-0.05, 0) is 18.6 Å². The highest BCUT2D eigenvalue weighted by molar-refractivity contribution is 5.95. The third-order valence-corrected chi connectivity index (χ3v) is 3.46. The van der Waals surface area contributed by atoms with Gasteiger partial charge in [0.15, 0.2) is 0 Å². The first-order valence-corrected chi connectivity index (χ1v) is 7.98. The SMILES string of the molecule is CCCCNc1ncnc(NNC(=O)c2ccc([N+](=O)[O-])cc2)c1[N+](=O)[O-]. The molecule has 1 aromatic heterocycles. The highest BCUT2D eigenvalue weighted by Crippen LogP contribution is 2.28. The van der Waals surface area contributed by atoms with E-state index in [9.17, 15) is 25.0 Å². The van der Waals surface area contributed by atoms with E-state index in [0.29, 0.717) is 6.54 Å². The van der Waals surface area contributed by atoms with Crippen LogP contribution in [0.4, 0.5) is 23.0 Å². The van der Waals surface area contributed by atoms with E-state index < -0.39 is 21.4 Å². The fraction of sp³-hybridized carbons (Fsp3) is 0.267. The number of unbranched alkanes of at least 4 members (excludes halogenated alkanes) is 1. The largest absolute Gasteiger partial charge is 0.364 e. The Hall–Kier alpha value is -3.83. The quantitative estimate of drug-likeness (QED) is 0.338. The number of aromatic nitrogens is 2. The van der Waals surface area contributed by atoms with Gasteiger partial charge in [0.25, 0.3) is 11.6 Å². The number of nitro groups is 2. The van der Waals surface area contributed by atoms with Crippen LogP contribution in [0.3, 0.4) is 0 Å². The summed E-state index contributed by atoms with van der Waals surface area (Å²) in [6, 6.07) is 4.89. The summed E-state index contributed by atoms with van der Waals surface area (Å²) < 4.78 is 0. The Morgan fingerprint density at radius 2 is 1.74 bits per heavy atom. The van der Waals surface area contributed by atoms with Crippen molar-refractivity contribution >= 4 is 28.9 Å². The van der Waals surface area contributed by atoms with Gasteiger partial charge in [0.2, 0.25) is 11.6 Å². The highest BCUT2D eigenvalue weighted by Gasteiger charge is 2.23. The van der Waals surface area contributed by atoms with Crippen molar-refractivity contribution in [1.82, 2.24) is 15.4 Å². The zero-order chi connectivity index (χ0) is 19.8. The van der Waals surface area contributed by atoms with E-state index in [4.69, 9.17) is 0 Å². The molecule has 0 radical (unpaired) electrons. The molecule has 3 N–H and O–H groups in total. The fourth-order valence-corrected chi connectivity index (χ4v) is 2.08. The molecule has 1 heterocycles. The molecule has 12 nitrogen and oxygen atoms in total. The zero-order valence-electron chi connectivity index (χ0n) is 14.3. The molecule has 0 aliphatic heterocycles. The van der Waals surface area contributed by atoms with E-state index in [0.717, 1.165) is 19.2 Å². The van der Waals surface area contributed by atoms with Gasteiger partial charge in [0.1, 0.15) is 6.33 Å². The average Bonchev–Trinajstić information content (AvgIpc) is 2.66. The summed E-state index contributed by atoms with van der Waals surface area (Å²) in [5, 5.41) is 24.9. The predicted octanol–water partition coefficient (Wildman–Crippen LogP) is 2.26. The number of nitro benzene ring substituents is 1. The molecule has 0 atom stereocenters. The Kier molecular flexibility index (Phi) is 6.52. The minimum Gasteiger partial charge on any atom is -0.364 e. The molecule has 0 fully saturated rings. The van der Waals surface area contributed by atoms with Gasteiger partial charge in [-0.3, -0.25) is 35.9 Å². The smallest absolute Gasteiger partial charge is 0.354 e. The Balaban J connectivity index is 2.12. The van der Waals surface area contributed by atoms with Crippen LogP contribution in [0.15, 0.2) is 30.6 Å². The van der Waals surface area contributed by atoms with Crippen molar-refractivity contribution in [2.75, 3.05) is 17.3 Å². The number of benzene rings is 1. The van der Waals surface area contributed by atoms with Gasteiger partial charge in [-0.25, -0.2) is 9.97 Å². The summed E-state index contributed by atoms with van der Waals surface area (Å²) >= 11 is 0. The van der Waals surface area contributed by atoms with Gasteiger partial charge in [-0.2, -0.15) is 0 Å². The van der Waals surface area contributed by atoms with Crippen LogP contribution >= 0.6 is 0 Å². The molecule has 1 amide bonds. The van der Waals surface area contributed by atoms with Gasteiger partial charge in [-0.15, -0.1) is 0 Å². The highest BCUT2D eigenvalue weighted by atomic mass is 16.6. The van der Waals surface area contributed by atoms with E-state index in [1.807, 2.05) is 6.92 Å². The molecular weight excluding hydrogens is 358 g/mol. The van der Waals surface area contributed by atoms with Crippen LogP contribution in [0.1, 0.15) is 30.1 Å². The Morgan fingerprint density at radius 3 is 2.33 bits per heavy atom. The van der Waals surface area contributed by atoms with Crippen molar-refractivity contribution in [2.24, 2.45) is 0 Å².